The summed E-state index contributed by atoms with van der Waals surface area (Å²) in [4.78, 5) is 20.3. The topological polar surface area (TPSA) is 71.3 Å². The first-order chi connectivity index (χ1) is 16.9. The summed E-state index contributed by atoms with van der Waals surface area (Å²) in [5.41, 5.74) is 3.09. The van der Waals surface area contributed by atoms with Crippen LogP contribution in [-0.4, -0.2) is 22.4 Å². The number of nitrogens with one attached hydrogen (secondary N) is 1. The summed E-state index contributed by atoms with van der Waals surface area (Å²) in [5.74, 6) is -0.259. The van der Waals surface area contributed by atoms with Crippen LogP contribution < -0.4 is 10.2 Å². The van der Waals surface area contributed by atoms with Crippen LogP contribution in [0.25, 0.3) is 17.0 Å². The number of hydrogen-bond donors (Lipinski definition) is 1. The highest BCUT2D eigenvalue weighted by molar-refractivity contribution is 7.98. The molecule has 1 atom stereocenters. The smallest absolute Gasteiger partial charge is 0.326 e. The molecule has 0 radical (unpaired) electrons. The average molecular weight is 491 g/mol. The minimum Gasteiger partial charge on any atom is -0.334 e. The molecule has 0 spiro atoms. The van der Waals surface area contributed by atoms with Gasteiger partial charge < -0.3 is 9.84 Å². The molecule has 176 valence electrons. The van der Waals surface area contributed by atoms with Crippen molar-refractivity contribution < 1.29 is 18.1 Å². The van der Waals surface area contributed by atoms with Crippen LogP contribution in [0.2, 0.25) is 0 Å². The van der Waals surface area contributed by atoms with Gasteiger partial charge in [-0.05, 0) is 79.4 Å². The Hall–Kier alpha value is -3.98. The summed E-state index contributed by atoms with van der Waals surface area (Å²) in [6.45, 7) is 1.78. The number of hydrogen-bond acceptors (Lipinski definition) is 5. The Balaban J connectivity index is 1.63. The Morgan fingerprint density at radius 1 is 0.943 bits per heavy atom. The average Bonchev–Trinajstić information content (AvgIpc) is 3.35. The minimum atomic E-state index is -0.559. The molecule has 9 heteroatoms. The number of urea groups is 1. The summed E-state index contributed by atoms with van der Waals surface area (Å²) in [7, 11) is 0. The monoisotopic (exact) mass is 490 g/mol. The molecular weight excluding hydrogens is 470 g/mol. The largest absolute Gasteiger partial charge is 0.334 e. The number of allylic oxidation sites excluding steroid dienone is 1. The maximum Gasteiger partial charge on any atom is 0.326 e. The molecular formula is C26H20F2N4O2S. The molecule has 0 saturated heterocycles. The summed E-state index contributed by atoms with van der Waals surface area (Å²) in [6.07, 6.45) is 1.99. The number of carbonyl (C=O) groups excluding carboxylic acids is 1. The van der Waals surface area contributed by atoms with E-state index in [9.17, 15) is 13.6 Å². The fourth-order valence-electron chi connectivity index (χ4n) is 4.02. The number of anilines is 1. The maximum atomic E-state index is 13.5. The van der Waals surface area contributed by atoms with Crippen molar-refractivity contribution in [3.8, 4) is 11.4 Å². The van der Waals surface area contributed by atoms with Crippen molar-refractivity contribution >= 4 is 29.1 Å². The molecule has 1 aromatic heterocycles. The highest BCUT2D eigenvalue weighted by atomic mass is 32.2. The van der Waals surface area contributed by atoms with E-state index < -0.39 is 11.9 Å². The molecule has 2 amide bonds. The summed E-state index contributed by atoms with van der Waals surface area (Å²) < 4.78 is 32.5. The molecule has 1 aliphatic rings. The standard InChI is InChI=1S/C26H20F2N4O2S/c1-15-22(25-30-24(31-34-25)17-3-7-18(27)8-4-17)23(16-5-13-21(35-2)14-6-16)29-26(33)32(15)20-11-9-19(28)10-12-20/h3-14,23H,1-2H3,(H,29,33). The number of halogens is 2. The quantitative estimate of drug-likeness (QED) is 0.326. The van der Waals surface area contributed by atoms with Gasteiger partial charge in [-0.1, -0.05) is 17.3 Å². The minimum absolute atomic E-state index is 0.216. The van der Waals surface area contributed by atoms with E-state index in [1.807, 2.05) is 30.5 Å². The van der Waals surface area contributed by atoms with E-state index in [-0.39, 0.29) is 17.7 Å². The van der Waals surface area contributed by atoms with Crippen molar-refractivity contribution in [1.82, 2.24) is 15.5 Å². The van der Waals surface area contributed by atoms with Crippen molar-refractivity contribution in [2.24, 2.45) is 0 Å². The van der Waals surface area contributed by atoms with Crippen molar-refractivity contribution in [2.75, 3.05) is 11.2 Å². The molecule has 1 unspecified atom stereocenters. The van der Waals surface area contributed by atoms with Crippen LogP contribution in [0.15, 0.2) is 87.9 Å². The van der Waals surface area contributed by atoms with Gasteiger partial charge in [0.1, 0.15) is 11.6 Å². The number of aromatic nitrogens is 2. The van der Waals surface area contributed by atoms with Crippen LogP contribution in [-0.2, 0) is 0 Å². The van der Waals surface area contributed by atoms with Crippen molar-refractivity contribution in [2.45, 2.75) is 17.9 Å². The summed E-state index contributed by atoms with van der Waals surface area (Å²) >= 11 is 1.62. The lowest BCUT2D eigenvalue weighted by Crippen LogP contribution is -2.46. The Morgan fingerprint density at radius 2 is 1.57 bits per heavy atom. The van der Waals surface area contributed by atoms with E-state index in [4.69, 9.17) is 4.52 Å². The van der Waals surface area contributed by atoms with Gasteiger partial charge in [0.15, 0.2) is 0 Å². The van der Waals surface area contributed by atoms with Gasteiger partial charge in [-0.15, -0.1) is 11.8 Å². The van der Waals surface area contributed by atoms with Crippen molar-refractivity contribution in [3.63, 3.8) is 0 Å². The molecule has 0 aliphatic carbocycles. The first-order valence-corrected chi connectivity index (χ1v) is 12.0. The number of nitrogens with zero attached hydrogens (tertiary/aromatic N) is 3. The second-order valence-corrected chi connectivity index (χ2v) is 8.78. The van der Waals surface area contributed by atoms with Gasteiger partial charge in [-0.3, -0.25) is 4.90 Å². The van der Waals surface area contributed by atoms with Crippen LogP contribution in [0.3, 0.4) is 0 Å². The Labute approximate surface area is 204 Å². The van der Waals surface area contributed by atoms with Crippen molar-refractivity contribution in [3.05, 3.63) is 102 Å². The molecule has 0 fully saturated rings. The highest BCUT2D eigenvalue weighted by Gasteiger charge is 2.36. The van der Waals surface area contributed by atoms with Crippen LogP contribution in [0.4, 0.5) is 19.3 Å². The lowest BCUT2D eigenvalue weighted by Gasteiger charge is -2.35. The van der Waals surface area contributed by atoms with Gasteiger partial charge in [-0.25, -0.2) is 13.6 Å². The van der Waals surface area contributed by atoms with Crippen LogP contribution >= 0.6 is 11.8 Å². The molecule has 0 bridgehead atoms. The SMILES string of the molecule is CSc1ccc(C2NC(=O)N(c3ccc(F)cc3)C(C)=C2c2nc(-c3ccc(F)cc3)no2)cc1. The summed E-state index contributed by atoms with van der Waals surface area (Å²) in [5, 5.41) is 7.10. The summed E-state index contributed by atoms with van der Waals surface area (Å²) in [6, 6.07) is 18.3. The predicted molar refractivity (Wildman–Crippen MR) is 131 cm³/mol. The lowest BCUT2D eigenvalue weighted by molar-refractivity contribution is 0.244. The van der Waals surface area contributed by atoms with Gasteiger partial charge in [0.2, 0.25) is 5.82 Å². The van der Waals surface area contributed by atoms with Crippen molar-refractivity contribution in [1.29, 1.82) is 0 Å². The predicted octanol–water partition coefficient (Wildman–Crippen LogP) is 6.44. The zero-order chi connectivity index (χ0) is 24.5. The van der Waals surface area contributed by atoms with E-state index in [2.05, 4.69) is 15.5 Å². The third-order valence-corrected chi connectivity index (χ3v) is 6.52. The number of carbonyl (C=O) groups is 1. The lowest BCUT2D eigenvalue weighted by atomic mass is 9.94. The third-order valence-electron chi connectivity index (χ3n) is 5.78. The Kier molecular flexibility index (Phi) is 6.08. The zero-order valence-electron chi connectivity index (χ0n) is 18.8. The first kappa shape index (κ1) is 22.8. The Bertz CT molecular complexity index is 1400. The van der Waals surface area contributed by atoms with Gasteiger partial charge in [0, 0.05) is 16.2 Å². The fraction of sp³-hybridized carbons (Fsp3) is 0.115. The van der Waals surface area contributed by atoms with Crippen LogP contribution in [0, 0.1) is 11.6 Å². The maximum absolute atomic E-state index is 13.5. The molecule has 1 aliphatic heterocycles. The molecule has 0 saturated carbocycles. The fourth-order valence-corrected chi connectivity index (χ4v) is 4.42. The zero-order valence-corrected chi connectivity index (χ0v) is 19.6. The number of amides is 2. The molecule has 6 nitrogen and oxygen atoms in total. The second-order valence-electron chi connectivity index (χ2n) is 7.90. The van der Waals surface area contributed by atoms with Crippen LogP contribution in [0.1, 0.15) is 24.4 Å². The molecule has 4 aromatic rings. The van der Waals surface area contributed by atoms with Gasteiger partial charge in [0.25, 0.3) is 5.89 Å². The highest BCUT2D eigenvalue weighted by Crippen LogP contribution is 2.39. The first-order valence-electron chi connectivity index (χ1n) is 10.8. The van der Waals surface area contributed by atoms with Crippen LogP contribution in [0.5, 0.6) is 0 Å². The number of benzene rings is 3. The molecule has 35 heavy (non-hydrogen) atoms. The van der Waals surface area contributed by atoms with E-state index in [1.54, 1.807) is 30.8 Å². The normalized spacial score (nSPS) is 15.9. The van der Waals surface area contributed by atoms with E-state index in [1.165, 1.54) is 41.3 Å². The third kappa shape index (κ3) is 4.42. The Morgan fingerprint density at radius 3 is 2.20 bits per heavy atom. The van der Waals surface area contributed by atoms with Gasteiger partial charge >= 0.3 is 6.03 Å². The molecule has 5 rings (SSSR count). The molecule has 3 aromatic carbocycles. The van der Waals surface area contributed by atoms with E-state index in [0.29, 0.717) is 28.3 Å². The van der Waals surface area contributed by atoms with Gasteiger partial charge in [0.05, 0.1) is 17.3 Å². The van der Waals surface area contributed by atoms with E-state index in [0.717, 1.165) is 10.5 Å². The van der Waals surface area contributed by atoms with E-state index >= 15 is 0 Å². The molecule has 2 heterocycles. The second kappa shape index (κ2) is 9.34. The number of thioether (sulfide) groups is 1. The van der Waals surface area contributed by atoms with Gasteiger partial charge in [-0.2, -0.15) is 4.98 Å². The number of rotatable bonds is 5. The molecule has 1 N–H and O–H groups in total.